The van der Waals surface area contributed by atoms with Gasteiger partial charge < -0.3 is 0 Å². The van der Waals surface area contributed by atoms with Gasteiger partial charge in [-0.05, 0) is 6.92 Å². The smallest absolute Gasteiger partial charge is 0.297 e. The number of phosphoric acid groups is 1. The molecule has 0 amide bonds. The zero-order valence-corrected chi connectivity index (χ0v) is 11.8. The molecule has 2 atom stereocenters. The molecular formula is C7H11O8P3+2. The van der Waals surface area contributed by atoms with Gasteiger partial charge in [-0.2, -0.15) is 0 Å². The van der Waals surface area contributed by atoms with Crippen molar-refractivity contribution in [2.24, 2.45) is 0 Å². The Morgan fingerprint density at radius 1 is 1.06 bits per heavy atom. The van der Waals surface area contributed by atoms with Gasteiger partial charge in [0.15, 0.2) is 0 Å². The Hall–Kier alpha value is -0.550. The largest absolute Gasteiger partial charge is 0.705 e. The molecule has 3 N–H and O–H groups in total. The van der Waals surface area contributed by atoms with Gasteiger partial charge in [0.1, 0.15) is 0 Å². The highest BCUT2D eigenvalue weighted by Crippen LogP contribution is 2.55. The van der Waals surface area contributed by atoms with E-state index in [2.05, 4.69) is 27.7 Å². The second-order valence-corrected chi connectivity index (χ2v) is 5.96. The summed E-state index contributed by atoms with van der Waals surface area (Å²) in [5.41, 5.74) is 1.32. The lowest BCUT2D eigenvalue weighted by Gasteiger charge is -1.88. The zero-order valence-electron chi connectivity index (χ0n) is 9.11. The lowest BCUT2D eigenvalue weighted by molar-refractivity contribution is 0.271. The minimum absolute atomic E-state index is 1.32. The third-order valence-corrected chi connectivity index (χ3v) is 4.05. The fourth-order valence-corrected chi connectivity index (χ4v) is 2.53. The second kappa shape index (κ2) is 8.53. The quantitative estimate of drug-likeness (QED) is 0.722. The van der Waals surface area contributed by atoms with Crippen molar-refractivity contribution in [1.82, 2.24) is 0 Å². The van der Waals surface area contributed by atoms with Crippen LogP contribution in [-0.2, 0) is 22.3 Å². The third-order valence-electron chi connectivity index (χ3n) is 1.29. The molecule has 0 bridgehead atoms. The highest BCUT2D eigenvalue weighted by atomic mass is 31.3. The predicted octanol–water partition coefficient (Wildman–Crippen LogP) is 2.41. The molecule has 0 saturated heterocycles. The second-order valence-electron chi connectivity index (χ2n) is 2.76. The average Bonchev–Trinajstić information content (AvgIpc) is 2.14. The van der Waals surface area contributed by atoms with E-state index in [1.807, 2.05) is 18.2 Å². The molecule has 100 valence electrons. The van der Waals surface area contributed by atoms with E-state index in [-0.39, 0.29) is 0 Å². The summed E-state index contributed by atoms with van der Waals surface area (Å²) in [6.45, 7) is 2.08. The molecule has 0 radical (unpaired) electrons. The molecule has 2 unspecified atom stereocenters. The minimum Gasteiger partial charge on any atom is -0.297 e. The Bertz CT molecular complexity index is 427. The van der Waals surface area contributed by atoms with Crippen molar-refractivity contribution in [1.29, 1.82) is 0 Å². The normalized spacial score (nSPS) is 14.9. The van der Waals surface area contributed by atoms with Gasteiger partial charge in [-0.1, -0.05) is 35.9 Å². The standard InChI is InChI=1S/C7H8.HO8P3/c1-7-5-3-2-4-6-7;1-9(2)7-11(5,6)8-10(3)4/h2-6H,1H3;(H-2,1,2,3,4,5,6)/p+2. The van der Waals surface area contributed by atoms with Crippen LogP contribution in [0.2, 0.25) is 0 Å². The number of hydrogen-bond acceptors (Lipinski definition) is 5. The Kier molecular flexibility index (Phi) is 8.27. The van der Waals surface area contributed by atoms with E-state index in [9.17, 15) is 13.7 Å². The van der Waals surface area contributed by atoms with E-state index < -0.39 is 24.3 Å². The summed E-state index contributed by atoms with van der Waals surface area (Å²) in [7, 11) is -11.6. The molecule has 11 heteroatoms. The molecule has 0 aromatic heterocycles. The first-order valence-corrected chi connectivity index (χ1v) is 8.04. The van der Waals surface area contributed by atoms with E-state index in [1.165, 1.54) is 5.56 Å². The van der Waals surface area contributed by atoms with Gasteiger partial charge in [0.25, 0.3) is 0 Å². The van der Waals surface area contributed by atoms with Crippen LogP contribution in [0.25, 0.3) is 0 Å². The molecule has 8 nitrogen and oxygen atoms in total. The summed E-state index contributed by atoms with van der Waals surface area (Å²) < 4.78 is 36.4. The monoisotopic (exact) mass is 316 g/mol. The maximum atomic E-state index is 10.3. The molecule has 1 rings (SSSR count). The highest BCUT2D eigenvalue weighted by molar-refractivity contribution is 7.60. The van der Waals surface area contributed by atoms with Crippen molar-refractivity contribution in [3.63, 3.8) is 0 Å². The van der Waals surface area contributed by atoms with E-state index in [4.69, 9.17) is 14.7 Å². The predicted molar refractivity (Wildman–Crippen MR) is 62.8 cm³/mol. The Morgan fingerprint density at radius 3 is 1.67 bits per heavy atom. The molecule has 1 aromatic carbocycles. The van der Waals surface area contributed by atoms with Gasteiger partial charge in [-0.3, -0.25) is 4.89 Å². The summed E-state index contributed by atoms with van der Waals surface area (Å²) in [6.07, 6.45) is 0. The zero-order chi connectivity index (χ0) is 14.2. The van der Waals surface area contributed by atoms with Crippen LogP contribution in [0, 0.1) is 6.92 Å². The minimum atomic E-state index is -4.87. The molecular weight excluding hydrogens is 305 g/mol. The maximum absolute atomic E-state index is 10.3. The number of aryl methyl sites for hydroxylation is 1. The van der Waals surface area contributed by atoms with Crippen LogP contribution in [-0.4, -0.2) is 14.7 Å². The van der Waals surface area contributed by atoms with Crippen LogP contribution in [0.4, 0.5) is 0 Å². The molecule has 18 heavy (non-hydrogen) atoms. The summed E-state index contributed by atoms with van der Waals surface area (Å²) in [6, 6.07) is 10.3. The number of hydrogen-bond donors (Lipinski definition) is 3. The summed E-state index contributed by atoms with van der Waals surface area (Å²) >= 11 is 0. The number of rotatable bonds is 4. The maximum Gasteiger partial charge on any atom is 0.705 e. The van der Waals surface area contributed by atoms with Crippen LogP contribution in [0.1, 0.15) is 5.56 Å². The lowest BCUT2D eigenvalue weighted by Crippen LogP contribution is -1.81. The van der Waals surface area contributed by atoms with Crippen LogP contribution in [0.3, 0.4) is 0 Å². The summed E-state index contributed by atoms with van der Waals surface area (Å²) in [5, 5.41) is 0. The van der Waals surface area contributed by atoms with Crippen LogP contribution < -0.4 is 0 Å². The third kappa shape index (κ3) is 10.6. The van der Waals surface area contributed by atoms with Gasteiger partial charge in [-0.25, -0.2) is 4.57 Å². The SMILES string of the molecule is Cc1ccccc1.O=[P+](O)OP(=O)(O)O[P+](=O)O. The first-order valence-electron chi connectivity index (χ1n) is 4.29. The van der Waals surface area contributed by atoms with Crippen molar-refractivity contribution < 1.29 is 37.0 Å². The Morgan fingerprint density at radius 2 is 1.44 bits per heavy atom. The molecule has 0 aliphatic rings. The van der Waals surface area contributed by atoms with Crippen molar-refractivity contribution in [3.05, 3.63) is 35.9 Å². The molecule has 1 aromatic rings. The summed E-state index contributed by atoms with van der Waals surface area (Å²) in [5.74, 6) is 0. The molecule has 0 heterocycles. The Balaban J connectivity index is 0.000000351. The van der Waals surface area contributed by atoms with E-state index >= 15 is 0 Å². The van der Waals surface area contributed by atoms with Gasteiger partial charge in [-0.15, -0.1) is 9.79 Å². The molecule has 0 saturated carbocycles. The van der Waals surface area contributed by atoms with Crippen molar-refractivity contribution in [2.45, 2.75) is 6.92 Å². The fraction of sp³-hybridized carbons (Fsp3) is 0.143. The van der Waals surface area contributed by atoms with E-state index in [1.54, 1.807) is 0 Å². The van der Waals surface area contributed by atoms with Gasteiger partial charge in [0, 0.05) is 17.8 Å². The molecule has 0 aliphatic carbocycles. The lowest BCUT2D eigenvalue weighted by atomic mass is 10.2. The number of benzene rings is 1. The van der Waals surface area contributed by atoms with Crippen LogP contribution in [0.5, 0.6) is 0 Å². The van der Waals surface area contributed by atoms with Gasteiger partial charge in [0.05, 0.1) is 0 Å². The van der Waals surface area contributed by atoms with Gasteiger partial charge in [0.2, 0.25) is 0 Å². The highest BCUT2D eigenvalue weighted by Gasteiger charge is 2.43. The first kappa shape index (κ1) is 17.4. The van der Waals surface area contributed by atoms with Crippen LogP contribution in [0.15, 0.2) is 30.3 Å². The summed E-state index contributed by atoms with van der Waals surface area (Å²) in [4.78, 5) is 24.1. The molecule has 0 spiro atoms. The fourth-order valence-electron chi connectivity index (χ4n) is 0.726. The Labute approximate surface area is 105 Å². The van der Waals surface area contributed by atoms with Gasteiger partial charge >= 0.3 is 24.3 Å². The van der Waals surface area contributed by atoms with Crippen molar-refractivity contribution in [3.8, 4) is 0 Å². The topological polar surface area (TPSA) is 130 Å². The molecule has 0 fully saturated rings. The average molecular weight is 316 g/mol. The van der Waals surface area contributed by atoms with E-state index in [0.717, 1.165) is 0 Å². The van der Waals surface area contributed by atoms with Crippen molar-refractivity contribution >= 4 is 24.3 Å². The van der Waals surface area contributed by atoms with Crippen LogP contribution >= 0.6 is 24.3 Å². The van der Waals surface area contributed by atoms with Crippen molar-refractivity contribution in [2.75, 3.05) is 0 Å². The van der Waals surface area contributed by atoms with E-state index in [0.29, 0.717) is 0 Å². The first-order chi connectivity index (χ1) is 8.23. The molecule has 0 aliphatic heterocycles.